The molecule has 0 aliphatic rings. The van der Waals surface area contributed by atoms with Gasteiger partial charge in [0.15, 0.2) is 0 Å². The van der Waals surface area contributed by atoms with Gasteiger partial charge < -0.3 is 11.1 Å². The van der Waals surface area contributed by atoms with E-state index in [1.54, 1.807) is 18.9 Å². The predicted molar refractivity (Wildman–Crippen MR) is 143 cm³/mol. The van der Waals surface area contributed by atoms with Crippen LogP contribution in [0.3, 0.4) is 0 Å². The first kappa shape index (κ1) is 25.1. The minimum Gasteiger partial charge on any atom is -0.383 e. The monoisotopic (exact) mass is 493 g/mol. The first-order valence-electron chi connectivity index (χ1n) is 11.5. The van der Waals surface area contributed by atoms with Crippen molar-refractivity contribution in [3.05, 3.63) is 83.8 Å². The molecule has 0 spiro atoms. The van der Waals surface area contributed by atoms with Crippen molar-refractivity contribution in [3.63, 3.8) is 0 Å². The van der Waals surface area contributed by atoms with Crippen molar-refractivity contribution in [2.75, 3.05) is 16.0 Å². The summed E-state index contributed by atoms with van der Waals surface area (Å²) in [7, 11) is 1.65. The van der Waals surface area contributed by atoms with Crippen molar-refractivity contribution in [3.8, 4) is 23.2 Å². The fourth-order valence-electron chi connectivity index (χ4n) is 3.89. The number of nitrogens with one attached hydrogen (secondary N) is 1. The molecule has 10 heteroatoms. The van der Waals surface area contributed by atoms with E-state index >= 15 is 0 Å². The second-order valence-electron chi connectivity index (χ2n) is 8.29. The van der Waals surface area contributed by atoms with Crippen molar-refractivity contribution in [2.24, 2.45) is 7.05 Å². The van der Waals surface area contributed by atoms with E-state index in [9.17, 15) is 4.79 Å². The van der Waals surface area contributed by atoms with Gasteiger partial charge in [0.05, 0.1) is 18.7 Å². The Bertz CT molecular complexity index is 1520. The first-order valence-corrected chi connectivity index (χ1v) is 11.5. The van der Waals surface area contributed by atoms with Gasteiger partial charge >= 0.3 is 0 Å². The standard InChI is InChI=1S/C27H27N9O/c1-6-11-20-13-10-12-17(2)22(20)27(37)36(21-14-8-7-9-15-21)19(4)18(3)31-25-23(24(28)29-16-30-25)26-32-34-35(5)33-26/h7-10,12-16,18H,4H2,1-3,5H3,(H3,28,29,30,31)/t18-/m0/s1. The van der Waals surface area contributed by atoms with Crippen molar-refractivity contribution in [1.82, 2.24) is 30.2 Å². The molecule has 0 aliphatic carbocycles. The van der Waals surface area contributed by atoms with E-state index in [2.05, 4.69) is 49.1 Å². The minimum absolute atomic E-state index is 0.196. The Morgan fingerprint density at radius 3 is 2.59 bits per heavy atom. The number of aryl methyl sites for hydroxylation is 2. The Hall–Kier alpha value is -5.04. The van der Waals surface area contributed by atoms with Crippen LogP contribution in [0.5, 0.6) is 0 Å². The third kappa shape index (κ3) is 5.16. The highest BCUT2D eigenvalue weighted by molar-refractivity contribution is 6.10. The van der Waals surface area contributed by atoms with Crippen molar-refractivity contribution in [2.45, 2.75) is 26.8 Å². The summed E-state index contributed by atoms with van der Waals surface area (Å²) in [5, 5.41) is 15.5. The molecule has 3 N–H and O–H groups in total. The fraction of sp³-hybridized carbons (Fsp3) is 0.185. The Morgan fingerprint density at radius 2 is 1.92 bits per heavy atom. The maximum Gasteiger partial charge on any atom is 0.264 e. The lowest BCUT2D eigenvalue weighted by Gasteiger charge is -2.30. The quantitative estimate of drug-likeness (QED) is 0.374. The van der Waals surface area contributed by atoms with Gasteiger partial charge in [-0.1, -0.05) is 42.8 Å². The first-order chi connectivity index (χ1) is 17.8. The van der Waals surface area contributed by atoms with Gasteiger partial charge in [-0.2, -0.15) is 4.80 Å². The van der Waals surface area contributed by atoms with Gasteiger partial charge in [-0.3, -0.25) is 9.69 Å². The molecular weight excluding hydrogens is 466 g/mol. The summed E-state index contributed by atoms with van der Waals surface area (Å²) >= 11 is 0. The van der Waals surface area contributed by atoms with Crippen LogP contribution in [0.25, 0.3) is 11.4 Å². The van der Waals surface area contributed by atoms with Crippen LogP contribution in [0.15, 0.2) is 67.1 Å². The number of carbonyl (C=O) groups excluding carboxylic acids is 1. The molecule has 2 aromatic heterocycles. The molecule has 0 saturated carbocycles. The average Bonchev–Trinajstić information content (AvgIpc) is 3.30. The number of para-hydroxylation sites is 1. The van der Waals surface area contributed by atoms with E-state index in [1.165, 1.54) is 11.1 Å². The molecule has 0 unspecified atom stereocenters. The number of nitrogens with zero attached hydrogens (tertiary/aromatic N) is 7. The van der Waals surface area contributed by atoms with E-state index in [0.717, 1.165) is 5.56 Å². The Kier molecular flexibility index (Phi) is 7.25. The molecule has 0 fully saturated rings. The van der Waals surface area contributed by atoms with Crippen molar-refractivity contribution < 1.29 is 4.79 Å². The molecule has 37 heavy (non-hydrogen) atoms. The summed E-state index contributed by atoms with van der Waals surface area (Å²) in [6, 6.07) is 14.5. The number of hydrogen-bond donors (Lipinski definition) is 2. The number of rotatable bonds is 7. The predicted octanol–water partition coefficient (Wildman–Crippen LogP) is 3.59. The molecule has 0 aliphatic heterocycles. The van der Waals surface area contributed by atoms with Gasteiger partial charge in [0.1, 0.15) is 23.5 Å². The summed E-state index contributed by atoms with van der Waals surface area (Å²) in [6.45, 7) is 9.81. The Balaban J connectivity index is 1.74. The molecule has 2 heterocycles. The molecule has 4 aromatic rings. The highest BCUT2D eigenvalue weighted by atomic mass is 16.2. The van der Waals surface area contributed by atoms with Crippen LogP contribution in [0.4, 0.5) is 17.3 Å². The summed E-state index contributed by atoms with van der Waals surface area (Å²) in [4.78, 5) is 25.4. The maximum atomic E-state index is 14.1. The summed E-state index contributed by atoms with van der Waals surface area (Å²) in [5.41, 5.74) is 9.70. The zero-order valence-electron chi connectivity index (χ0n) is 21.1. The Labute approximate surface area is 215 Å². The van der Waals surface area contributed by atoms with Crippen LogP contribution >= 0.6 is 0 Å². The van der Waals surface area contributed by atoms with E-state index in [4.69, 9.17) is 5.73 Å². The lowest BCUT2D eigenvalue weighted by atomic mass is 9.99. The number of tetrazole rings is 1. The van der Waals surface area contributed by atoms with E-state index in [-0.39, 0.29) is 17.5 Å². The third-order valence-corrected chi connectivity index (χ3v) is 5.71. The maximum absolute atomic E-state index is 14.1. The van der Waals surface area contributed by atoms with Gasteiger partial charge in [0, 0.05) is 16.9 Å². The van der Waals surface area contributed by atoms with E-state index in [0.29, 0.717) is 33.9 Å². The number of nitrogen functional groups attached to an aromatic ring is 1. The van der Waals surface area contributed by atoms with Gasteiger partial charge in [0.2, 0.25) is 5.82 Å². The normalized spacial score (nSPS) is 11.2. The molecule has 186 valence electrons. The zero-order chi connectivity index (χ0) is 26.5. The van der Waals surface area contributed by atoms with Crippen molar-refractivity contribution in [1.29, 1.82) is 0 Å². The Morgan fingerprint density at radius 1 is 1.16 bits per heavy atom. The minimum atomic E-state index is -0.460. The largest absolute Gasteiger partial charge is 0.383 e. The third-order valence-electron chi connectivity index (χ3n) is 5.71. The van der Waals surface area contributed by atoms with Gasteiger partial charge in [0.25, 0.3) is 5.91 Å². The SMILES string of the molecule is C=C([C@H](C)Nc1ncnc(N)c1-c1nnn(C)n1)N(C(=O)c1c(C)cccc1C#CC)c1ccccc1. The summed E-state index contributed by atoms with van der Waals surface area (Å²) < 4.78 is 0. The van der Waals surface area contributed by atoms with Crippen LogP contribution in [-0.2, 0) is 7.05 Å². The summed E-state index contributed by atoms with van der Waals surface area (Å²) in [6.07, 6.45) is 1.34. The molecule has 1 atom stereocenters. The molecular formula is C27H27N9O. The fourth-order valence-corrected chi connectivity index (χ4v) is 3.89. The lowest BCUT2D eigenvalue weighted by Crippen LogP contribution is -2.37. The van der Waals surface area contributed by atoms with Gasteiger partial charge in [-0.15, -0.1) is 16.1 Å². The number of anilines is 3. The molecule has 1 amide bonds. The van der Waals surface area contributed by atoms with Crippen LogP contribution in [0, 0.1) is 18.8 Å². The van der Waals surface area contributed by atoms with Crippen LogP contribution in [0.1, 0.15) is 35.3 Å². The number of benzene rings is 2. The lowest BCUT2D eigenvalue weighted by molar-refractivity contribution is 0.0993. The zero-order valence-corrected chi connectivity index (χ0v) is 21.1. The highest BCUT2D eigenvalue weighted by Gasteiger charge is 2.28. The highest BCUT2D eigenvalue weighted by Crippen LogP contribution is 2.30. The molecule has 0 bridgehead atoms. The van der Waals surface area contributed by atoms with Crippen LogP contribution in [-0.4, -0.2) is 42.1 Å². The molecule has 4 rings (SSSR count). The number of nitrogens with two attached hydrogens (primary N) is 1. The topological polar surface area (TPSA) is 128 Å². The average molecular weight is 494 g/mol. The number of hydrogen-bond acceptors (Lipinski definition) is 8. The number of carbonyl (C=O) groups is 1. The van der Waals surface area contributed by atoms with E-state index < -0.39 is 6.04 Å². The molecule has 2 aromatic carbocycles. The van der Waals surface area contributed by atoms with Gasteiger partial charge in [-0.25, -0.2) is 9.97 Å². The second kappa shape index (κ2) is 10.7. The molecule has 0 radical (unpaired) electrons. The second-order valence-corrected chi connectivity index (χ2v) is 8.29. The van der Waals surface area contributed by atoms with Gasteiger partial charge in [-0.05, 0) is 49.7 Å². The van der Waals surface area contributed by atoms with Crippen LogP contribution < -0.4 is 16.0 Å². The number of amides is 1. The molecule has 10 nitrogen and oxygen atoms in total. The summed E-state index contributed by atoms with van der Waals surface area (Å²) in [5.74, 6) is 6.58. The van der Waals surface area contributed by atoms with E-state index in [1.807, 2.05) is 62.4 Å². The smallest absolute Gasteiger partial charge is 0.264 e. The number of aromatic nitrogens is 6. The van der Waals surface area contributed by atoms with Crippen LogP contribution in [0.2, 0.25) is 0 Å². The van der Waals surface area contributed by atoms with Crippen molar-refractivity contribution >= 4 is 23.2 Å². The molecule has 0 saturated heterocycles.